The number of Topliss-reactive ketones (excluding diaryl/α,β-unsaturated/α-hetero) is 1. The van der Waals surface area contributed by atoms with Crippen molar-refractivity contribution < 1.29 is 9.53 Å². The fraction of sp³-hybridized carbons (Fsp3) is 0.632. The number of benzene rings is 1. The molecule has 0 saturated carbocycles. The van der Waals surface area contributed by atoms with Gasteiger partial charge in [0, 0.05) is 32.2 Å². The van der Waals surface area contributed by atoms with E-state index < -0.39 is 0 Å². The van der Waals surface area contributed by atoms with Crippen molar-refractivity contribution in [3.63, 3.8) is 0 Å². The molecule has 1 aromatic carbocycles. The third-order valence-corrected chi connectivity index (χ3v) is 5.04. The number of hydrogen-bond donors (Lipinski definition) is 1. The van der Waals surface area contributed by atoms with E-state index in [9.17, 15) is 4.79 Å². The van der Waals surface area contributed by atoms with Gasteiger partial charge in [0.1, 0.15) is 0 Å². The molecule has 1 saturated heterocycles. The summed E-state index contributed by atoms with van der Waals surface area (Å²) in [5.41, 5.74) is 4.55. The van der Waals surface area contributed by atoms with Crippen LogP contribution in [0.25, 0.3) is 0 Å². The van der Waals surface area contributed by atoms with Gasteiger partial charge in [-0.25, -0.2) is 0 Å². The van der Waals surface area contributed by atoms with Gasteiger partial charge in [0.2, 0.25) is 0 Å². The molecule has 1 fully saturated rings. The molecule has 2 aliphatic heterocycles. The molecule has 3 rings (SSSR count). The van der Waals surface area contributed by atoms with Crippen molar-refractivity contribution in [1.29, 1.82) is 0 Å². The average molecular weight is 316 g/mol. The lowest BCUT2D eigenvalue weighted by Gasteiger charge is -2.31. The number of ether oxygens (including phenoxy) is 1. The molecular weight excluding hydrogens is 288 g/mol. The Morgan fingerprint density at radius 2 is 2.30 bits per heavy atom. The Balaban J connectivity index is 1.93. The van der Waals surface area contributed by atoms with Gasteiger partial charge in [-0.15, -0.1) is 0 Å². The topological polar surface area (TPSA) is 41.6 Å². The highest BCUT2D eigenvalue weighted by Gasteiger charge is 2.25. The summed E-state index contributed by atoms with van der Waals surface area (Å²) < 4.78 is 5.55. The molecule has 0 bridgehead atoms. The number of rotatable bonds is 6. The monoisotopic (exact) mass is 316 g/mol. The number of nitrogens with one attached hydrogen (secondary N) is 1. The van der Waals surface area contributed by atoms with Crippen LogP contribution in [0, 0.1) is 0 Å². The maximum atomic E-state index is 12.5. The van der Waals surface area contributed by atoms with E-state index in [1.807, 2.05) is 0 Å². The van der Waals surface area contributed by atoms with Gasteiger partial charge in [-0.05, 0) is 43.4 Å². The number of carbonyl (C=O) groups is 1. The predicted octanol–water partition coefficient (Wildman–Crippen LogP) is 3.64. The highest BCUT2D eigenvalue weighted by molar-refractivity contribution is 5.98. The zero-order valence-corrected chi connectivity index (χ0v) is 14.4. The molecule has 0 amide bonds. The standard InChI is InChI=1S/C19H28N2O2/c1-3-4-7-18(22)15-11-14-6-5-9-20-19(14)17(12-15)21(2)16-8-10-23-13-16/h11-12,16,20H,3-10,13H2,1-2H3. The Bertz CT molecular complexity index is 565. The van der Waals surface area contributed by atoms with Gasteiger partial charge < -0.3 is 15.0 Å². The predicted molar refractivity (Wildman–Crippen MR) is 94.7 cm³/mol. The molecule has 0 aliphatic carbocycles. The van der Waals surface area contributed by atoms with Gasteiger partial charge in [0.05, 0.1) is 24.0 Å². The quantitative estimate of drug-likeness (QED) is 0.814. The van der Waals surface area contributed by atoms with E-state index in [0.717, 1.165) is 63.1 Å². The first-order valence-electron chi connectivity index (χ1n) is 8.95. The van der Waals surface area contributed by atoms with Crippen LogP contribution in [0.1, 0.15) is 54.9 Å². The number of hydrogen-bond acceptors (Lipinski definition) is 4. The number of unbranched alkanes of at least 4 members (excludes halogenated alkanes) is 1. The van der Waals surface area contributed by atoms with E-state index in [-0.39, 0.29) is 5.78 Å². The van der Waals surface area contributed by atoms with Gasteiger partial charge in [-0.1, -0.05) is 13.3 Å². The molecule has 0 radical (unpaired) electrons. The first-order valence-corrected chi connectivity index (χ1v) is 8.95. The summed E-state index contributed by atoms with van der Waals surface area (Å²) in [5.74, 6) is 0.276. The zero-order valence-electron chi connectivity index (χ0n) is 14.4. The van der Waals surface area contributed by atoms with Crippen LogP contribution >= 0.6 is 0 Å². The first-order chi connectivity index (χ1) is 11.2. The van der Waals surface area contributed by atoms with Crippen LogP contribution in [0.3, 0.4) is 0 Å². The van der Waals surface area contributed by atoms with E-state index in [1.165, 1.54) is 11.3 Å². The Morgan fingerprint density at radius 3 is 3.04 bits per heavy atom. The average Bonchev–Trinajstić information content (AvgIpc) is 3.12. The summed E-state index contributed by atoms with van der Waals surface area (Å²) in [6.07, 6.45) is 5.92. The lowest BCUT2D eigenvalue weighted by molar-refractivity contribution is 0.0979. The number of likely N-dealkylation sites (N-methyl/N-ethyl adjacent to an activating group) is 1. The smallest absolute Gasteiger partial charge is 0.162 e. The molecule has 2 aliphatic rings. The fourth-order valence-corrected chi connectivity index (χ4v) is 3.52. The van der Waals surface area contributed by atoms with Crippen LogP contribution in [-0.4, -0.2) is 38.6 Å². The maximum absolute atomic E-state index is 12.5. The van der Waals surface area contributed by atoms with Crippen molar-refractivity contribution in [2.24, 2.45) is 0 Å². The zero-order chi connectivity index (χ0) is 16.2. The van der Waals surface area contributed by atoms with Crippen molar-refractivity contribution in [2.45, 2.75) is 51.5 Å². The SMILES string of the molecule is CCCCC(=O)c1cc2c(c(N(C)C3CCOC3)c1)NCCC2. The molecule has 4 nitrogen and oxygen atoms in total. The highest BCUT2D eigenvalue weighted by atomic mass is 16.5. The van der Waals surface area contributed by atoms with E-state index in [1.54, 1.807) is 0 Å². The number of carbonyl (C=O) groups excluding carboxylic acids is 1. The Kier molecular flexibility index (Phi) is 5.21. The Labute approximate surface area is 139 Å². The molecule has 1 aromatic rings. The molecule has 1 unspecified atom stereocenters. The molecule has 1 atom stereocenters. The minimum absolute atomic E-state index is 0.276. The van der Waals surface area contributed by atoms with Crippen molar-refractivity contribution in [3.8, 4) is 0 Å². The summed E-state index contributed by atoms with van der Waals surface area (Å²) in [7, 11) is 2.13. The second-order valence-corrected chi connectivity index (χ2v) is 6.71. The molecule has 0 spiro atoms. The van der Waals surface area contributed by atoms with E-state index in [0.29, 0.717) is 12.5 Å². The van der Waals surface area contributed by atoms with Crippen molar-refractivity contribution in [2.75, 3.05) is 37.0 Å². The molecule has 126 valence electrons. The lowest BCUT2D eigenvalue weighted by atomic mass is 9.95. The second kappa shape index (κ2) is 7.35. The maximum Gasteiger partial charge on any atom is 0.162 e. The molecule has 0 aromatic heterocycles. The number of nitrogens with zero attached hydrogens (tertiary/aromatic N) is 1. The van der Waals surface area contributed by atoms with Crippen LogP contribution in [0.15, 0.2) is 12.1 Å². The first kappa shape index (κ1) is 16.3. The third-order valence-electron chi connectivity index (χ3n) is 5.04. The number of aryl methyl sites for hydroxylation is 1. The largest absolute Gasteiger partial charge is 0.383 e. The number of ketones is 1. The van der Waals surface area contributed by atoms with E-state index in [2.05, 4.69) is 36.3 Å². The Hall–Kier alpha value is -1.55. The van der Waals surface area contributed by atoms with Gasteiger partial charge >= 0.3 is 0 Å². The minimum Gasteiger partial charge on any atom is -0.383 e. The minimum atomic E-state index is 0.276. The molecule has 4 heteroatoms. The van der Waals surface area contributed by atoms with E-state index >= 15 is 0 Å². The summed E-state index contributed by atoms with van der Waals surface area (Å²) in [4.78, 5) is 14.8. The fourth-order valence-electron chi connectivity index (χ4n) is 3.52. The summed E-state index contributed by atoms with van der Waals surface area (Å²) in [5, 5.41) is 3.55. The molecule has 1 N–H and O–H groups in total. The molecule has 2 heterocycles. The Morgan fingerprint density at radius 1 is 1.43 bits per heavy atom. The van der Waals surface area contributed by atoms with E-state index in [4.69, 9.17) is 4.74 Å². The summed E-state index contributed by atoms with van der Waals surface area (Å²) in [6, 6.07) is 4.61. The number of fused-ring (bicyclic) bond motifs is 1. The van der Waals surface area contributed by atoms with Gasteiger partial charge in [0.25, 0.3) is 0 Å². The van der Waals surface area contributed by atoms with Gasteiger partial charge in [-0.3, -0.25) is 4.79 Å². The van der Waals surface area contributed by atoms with Gasteiger partial charge in [0.15, 0.2) is 5.78 Å². The molecule has 23 heavy (non-hydrogen) atoms. The summed E-state index contributed by atoms with van der Waals surface area (Å²) in [6.45, 7) is 4.75. The summed E-state index contributed by atoms with van der Waals surface area (Å²) >= 11 is 0. The van der Waals surface area contributed by atoms with Crippen LogP contribution in [0.5, 0.6) is 0 Å². The highest BCUT2D eigenvalue weighted by Crippen LogP contribution is 2.36. The number of anilines is 2. The molecular formula is C19H28N2O2. The van der Waals surface area contributed by atoms with Crippen molar-refractivity contribution in [1.82, 2.24) is 0 Å². The lowest BCUT2D eigenvalue weighted by Crippen LogP contribution is -2.33. The van der Waals surface area contributed by atoms with Crippen molar-refractivity contribution >= 4 is 17.2 Å². The van der Waals surface area contributed by atoms with Crippen LogP contribution < -0.4 is 10.2 Å². The second-order valence-electron chi connectivity index (χ2n) is 6.71. The third kappa shape index (κ3) is 3.52. The van der Waals surface area contributed by atoms with Gasteiger partial charge in [-0.2, -0.15) is 0 Å². The van der Waals surface area contributed by atoms with Crippen LogP contribution in [-0.2, 0) is 11.2 Å². The van der Waals surface area contributed by atoms with Crippen molar-refractivity contribution in [3.05, 3.63) is 23.3 Å². The normalized spacial score (nSPS) is 20.0. The van der Waals surface area contributed by atoms with Crippen LogP contribution in [0.4, 0.5) is 11.4 Å². The van der Waals surface area contributed by atoms with Crippen LogP contribution in [0.2, 0.25) is 0 Å².